The van der Waals surface area contributed by atoms with Crippen LogP contribution in [0.4, 0.5) is 0 Å². The van der Waals surface area contributed by atoms with Crippen molar-refractivity contribution in [3.63, 3.8) is 0 Å². The molecule has 4 unspecified atom stereocenters. The quantitative estimate of drug-likeness (QED) is 0.0775. The molecule has 4 rings (SSSR count). The third-order valence-electron chi connectivity index (χ3n) is 9.60. The van der Waals surface area contributed by atoms with Crippen molar-refractivity contribution >= 4 is 0 Å². The monoisotopic (exact) mass is 772 g/mol. The number of aliphatic hydroxyl groups is 3. The summed E-state index contributed by atoms with van der Waals surface area (Å²) in [7, 11) is 0. The van der Waals surface area contributed by atoms with Crippen LogP contribution < -0.4 is 18.9 Å². The number of hydrogen-bond acceptors (Lipinski definition) is 9. The normalized spacial score (nSPS) is 14.4. The van der Waals surface area contributed by atoms with E-state index in [-0.39, 0.29) is 68.6 Å². The third kappa shape index (κ3) is 14.4. The molecule has 0 aliphatic carbocycles. The highest BCUT2D eigenvalue weighted by molar-refractivity contribution is 5.42. The van der Waals surface area contributed by atoms with Crippen molar-refractivity contribution < 1.29 is 43.7 Å². The van der Waals surface area contributed by atoms with Gasteiger partial charge in [-0.05, 0) is 88.5 Å². The summed E-state index contributed by atoms with van der Waals surface area (Å²) < 4.78 is 34.5. The lowest BCUT2D eigenvalue weighted by atomic mass is 9.78. The van der Waals surface area contributed by atoms with Gasteiger partial charge in [-0.3, -0.25) is 0 Å². The summed E-state index contributed by atoms with van der Waals surface area (Å²) in [6, 6.07) is 31.6. The number of ether oxygens (including phenoxy) is 6. The minimum atomic E-state index is -0.822. The lowest BCUT2D eigenvalue weighted by Crippen LogP contribution is -2.29. The van der Waals surface area contributed by atoms with Crippen LogP contribution in [-0.2, 0) is 25.7 Å². The molecule has 4 aromatic rings. The summed E-state index contributed by atoms with van der Waals surface area (Å²) >= 11 is 0. The van der Waals surface area contributed by atoms with Gasteiger partial charge < -0.3 is 43.7 Å². The molecule has 0 amide bonds. The first-order valence-electron chi connectivity index (χ1n) is 19.6. The maximum atomic E-state index is 10.5. The first-order valence-corrected chi connectivity index (χ1v) is 19.6. The Balaban J connectivity index is 1.11. The minimum absolute atomic E-state index is 0.0679. The Morgan fingerprint density at radius 2 is 0.679 bits per heavy atom. The molecule has 0 fully saturated rings. The zero-order chi connectivity index (χ0) is 40.9. The molecule has 0 bridgehead atoms. The highest BCUT2D eigenvalue weighted by Gasteiger charge is 2.24. The van der Waals surface area contributed by atoms with Crippen molar-refractivity contribution in [2.75, 3.05) is 46.2 Å². The Kier molecular flexibility index (Phi) is 16.2. The molecule has 4 atom stereocenters. The van der Waals surface area contributed by atoms with E-state index in [0.29, 0.717) is 23.0 Å². The largest absolute Gasteiger partial charge is 0.491 e. The molecule has 9 nitrogen and oxygen atoms in total. The van der Waals surface area contributed by atoms with Crippen LogP contribution in [0.15, 0.2) is 97.1 Å². The van der Waals surface area contributed by atoms with Gasteiger partial charge in [0.1, 0.15) is 67.7 Å². The average molecular weight is 773 g/mol. The molecule has 0 spiro atoms. The fourth-order valence-corrected chi connectivity index (χ4v) is 5.81. The lowest BCUT2D eigenvalue weighted by Gasteiger charge is -2.26. The van der Waals surface area contributed by atoms with Crippen molar-refractivity contribution in [2.45, 2.75) is 103 Å². The summed E-state index contributed by atoms with van der Waals surface area (Å²) in [6.45, 7) is 20.1. The molecule has 0 aromatic heterocycles. The van der Waals surface area contributed by atoms with E-state index in [1.54, 1.807) is 0 Å². The van der Waals surface area contributed by atoms with Crippen molar-refractivity contribution in [2.24, 2.45) is 0 Å². The molecular formula is C47H64O9. The molecule has 0 saturated heterocycles. The van der Waals surface area contributed by atoms with Gasteiger partial charge in [0, 0.05) is 5.41 Å². The topological polar surface area (TPSA) is 116 Å². The van der Waals surface area contributed by atoms with E-state index in [1.165, 1.54) is 11.1 Å². The molecule has 56 heavy (non-hydrogen) atoms. The minimum Gasteiger partial charge on any atom is -0.491 e. The van der Waals surface area contributed by atoms with Crippen molar-refractivity contribution in [3.05, 3.63) is 119 Å². The Morgan fingerprint density at radius 3 is 1.00 bits per heavy atom. The molecule has 0 heterocycles. The fraction of sp³-hybridized carbons (Fsp3) is 0.489. The summed E-state index contributed by atoms with van der Waals surface area (Å²) in [5.74, 6) is 2.74. The highest BCUT2D eigenvalue weighted by atomic mass is 16.6. The number of benzene rings is 4. The highest BCUT2D eigenvalue weighted by Crippen LogP contribution is 2.33. The van der Waals surface area contributed by atoms with E-state index < -0.39 is 18.3 Å². The molecule has 306 valence electrons. The zero-order valence-electron chi connectivity index (χ0n) is 34.8. The molecule has 0 saturated carbocycles. The molecule has 9 heteroatoms. The molecular weight excluding hydrogens is 709 g/mol. The number of aliphatic hydroxyl groups excluding tert-OH is 3. The van der Waals surface area contributed by atoms with Crippen LogP contribution in [0.5, 0.6) is 23.0 Å². The van der Waals surface area contributed by atoms with Crippen molar-refractivity contribution in [3.8, 4) is 23.0 Å². The maximum absolute atomic E-state index is 10.5. The van der Waals surface area contributed by atoms with Crippen LogP contribution in [0.1, 0.15) is 84.6 Å². The van der Waals surface area contributed by atoms with Gasteiger partial charge in [0.2, 0.25) is 0 Å². The second-order valence-electron chi connectivity index (χ2n) is 17.1. The van der Waals surface area contributed by atoms with Crippen molar-refractivity contribution in [1.82, 2.24) is 0 Å². The smallest absolute Gasteiger partial charge is 0.122 e. The van der Waals surface area contributed by atoms with Crippen LogP contribution in [0, 0.1) is 0 Å². The van der Waals surface area contributed by atoms with Crippen molar-refractivity contribution in [1.29, 1.82) is 0 Å². The molecule has 0 radical (unpaired) electrons. The first-order chi connectivity index (χ1) is 26.4. The van der Waals surface area contributed by atoms with Crippen LogP contribution in [0.3, 0.4) is 0 Å². The Labute approximate surface area is 334 Å². The van der Waals surface area contributed by atoms with E-state index in [1.807, 2.05) is 91.9 Å². The standard InChI is InChI=1S/C47H64O9/c1-33(26-51-27-38(48)29-53-41-18-10-34(11-19-41)45(2,3)4)52-28-39(49)30-54-43-22-14-36(15-23-43)47(8,9)37-16-24-44(25-17-37)56-32-40(50)31-55-42-20-12-35(13-21-42)46(5,6)7/h10-25,33,38-40,48-50H,26-32H2,1-9H3. The third-order valence-corrected chi connectivity index (χ3v) is 9.60. The lowest BCUT2D eigenvalue weighted by molar-refractivity contribution is -0.0643. The predicted molar refractivity (Wildman–Crippen MR) is 222 cm³/mol. The summed E-state index contributed by atoms with van der Waals surface area (Å²) in [5, 5.41) is 31.2. The van der Waals surface area contributed by atoms with E-state index in [9.17, 15) is 15.3 Å². The predicted octanol–water partition coefficient (Wildman–Crippen LogP) is 8.03. The van der Waals surface area contributed by atoms with Crippen LogP contribution in [0.2, 0.25) is 0 Å². The second kappa shape index (κ2) is 20.3. The van der Waals surface area contributed by atoms with Crippen LogP contribution in [0.25, 0.3) is 0 Å². The number of hydrogen-bond donors (Lipinski definition) is 3. The second-order valence-corrected chi connectivity index (χ2v) is 17.1. The Bertz CT molecular complexity index is 1700. The van der Waals surface area contributed by atoms with Crippen LogP contribution in [-0.4, -0.2) is 86.0 Å². The van der Waals surface area contributed by atoms with Gasteiger partial charge in [0.25, 0.3) is 0 Å². The molecule has 0 aliphatic heterocycles. The van der Waals surface area contributed by atoms with Gasteiger partial charge in [-0.2, -0.15) is 0 Å². The summed E-state index contributed by atoms with van der Waals surface area (Å²) in [5.41, 5.74) is 4.50. The average Bonchev–Trinajstić information content (AvgIpc) is 3.16. The SMILES string of the molecule is CC(COCC(O)COc1ccc(C(C)(C)C)cc1)OCC(O)COc1ccc(C(C)(C)c2ccc(OCC(O)COc3ccc(C(C)(C)C)cc3)cc2)cc1. The zero-order valence-corrected chi connectivity index (χ0v) is 34.8. The summed E-state index contributed by atoms with van der Waals surface area (Å²) in [6.07, 6.45) is -2.65. The van der Waals surface area contributed by atoms with Gasteiger partial charge in [0.15, 0.2) is 0 Å². The number of rotatable bonds is 21. The Hall–Kier alpha value is -4.12. The van der Waals surface area contributed by atoms with Gasteiger partial charge in [-0.1, -0.05) is 104 Å². The molecule has 4 aromatic carbocycles. The Morgan fingerprint density at radius 1 is 0.393 bits per heavy atom. The van der Waals surface area contributed by atoms with Gasteiger partial charge >= 0.3 is 0 Å². The first kappa shape index (κ1) is 44.6. The van der Waals surface area contributed by atoms with E-state index in [0.717, 1.165) is 11.1 Å². The van der Waals surface area contributed by atoms with E-state index in [4.69, 9.17) is 28.4 Å². The maximum Gasteiger partial charge on any atom is 0.122 e. The van der Waals surface area contributed by atoms with E-state index >= 15 is 0 Å². The molecule has 3 N–H and O–H groups in total. The van der Waals surface area contributed by atoms with E-state index in [2.05, 4.69) is 67.5 Å². The van der Waals surface area contributed by atoms with Crippen LogP contribution >= 0.6 is 0 Å². The fourth-order valence-electron chi connectivity index (χ4n) is 5.81. The van der Waals surface area contributed by atoms with Gasteiger partial charge in [0.05, 0.1) is 25.9 Å². The summed E-state index contributed by atoms with van der Waals surface area (Å²) in [4.78, 5) is 0. The van der Waals surface area contributed by atoms with Gasteiger partial charge in [-0.25, -0.2) is 0 Å². The van der Waals surface area contributed by atoms with Gasteiger partial charge in [-0.15, -0.1) is 0 Å². The molecule has 0 aliphatic rings.